The van der Waals surface area contributed by atoms with Gasteiger partial charge in [-0.3, -0.25) is 19.4 Å². The van der Waals surface area contributed by atoms with Crippen molar-refractivity contribution in [1.29, 1.82) is 0 Å². The minimum Gasteiger partial charge on any atom is -0.480 e. The molecule has 0 aromatic rings. The number of carboxylic acid groups (broad SMARTS) is 1. The number of rotatable bonds is 13. The van der Waals surface area contributed by atoms with Gasteiger partial charge in [0.15, 0.2) is 5.96 Å². The predicted molar refractivity (Wildman–Crippen MR) is 127 cm³/mol. The van der Waals surface area contributed by atoms with Gasteiger partial charge in [0, 0.05) is 18.8 Å². The summed E-state index contributed by atoms with van der Waals surface area (Å²) in [5, 5.41) is 14.7. The molecule has 13 heteroatoms. The molecule has 12 nitrogen and oxygen atoms in total. The molecule has 33 heavy (non-hydrogen) atoms. The molecule has 0 spiro atoms. The zero-order chi connectivity index (χ0) is 25.1. The standard InChI is InChI=1S/C20H37N7O5S/c1-11(2)9-14(26-16(28)12(21)10-33)18(30)27-8-4-6-15(27)17(29)25-13(19(31)32)5-3-7-24-20(22)23/h11-15,33H,3-10,21H2,1-2H3,(H,25,29)(H,26,28)(H,31,32)(H4,22,23,24). The Kier molecular flexibility index (Phi) is 12.0. The van der Waals surface area contributed by atoms with Gasteiger partial charge in [0.05, 0.1) is 6.04 Å². The normalized spacial score (nSPS) is 18.3. The molecule has 0 aliphatic carbocycles. The second-order valence-electron chi connectivity index (χ2n) is 8.52. The van der Waals surface area contributed by atoms with E-state index in [-0.39, 0.29) is 36.5 Å². The molecule has 0 aromatic carbocycles. The van der Waals surface area contributed by atoms with Crippen molar-refractivity contribution in [2.24, 2.45) is 28.1 Å². The molecule has 0 radical (unpaired) electrons. The third-order valence-corrected chi connectivity index (χ3v) is 5.65. The van der Waals surface area contributed by atoms with E-state index < -0.39 is 42.0 Å². The highest BCUT2D eigenvalue weighted by Gasteiger charge is 2.39. The van der Waals surface area contributed by atoms with Gasteiger partial charge in [0.2, 0.25) is 17.7 Å². The summed E-state index contributed by atoms with van der Waals surface area (Å²) in [6.45, 7) is 4.40. The van der Waals surface area contributed by atoms with Crippen LogP contribution >= 0.6 is 12.6 Å². The number of nitrogens with one attached hydrogen (secondary N) is 2. The van der Waals surface area contributed by atoms with E-state index in [1.54, 1.807) is 0 Å². The largest absolute Gasteiger partial charge is 0.480 e. The first-order valence-corrected chi connectivity index (χ1v) is 11.7. The number of carbonyl (C=O) groups excluding carboxylic acids is 3. The SMILES string of the molecule is CC(C)CC(NC(=O)C(N)CS)C(=O)N1CCCC1C(=O)NC(CCCN=C(N)N)C(=O)O. The van der Waals surface area contributed by atoms with Crippen LogP contribution in [-0.2, 0) is 19.2 Å². The second kappa shape index (κ2) is 13.9. The van der Waals surface area contributed by atoms with Crippen molar-refractivity contribution < 1.29 is 24.3 Å². The van der Waals surface area contributed by atoms with E-state index >= 15 is 0 Å². The van der Waals surface area contributed by atoms with Crippen LogP contribution in [0.15, 0.2) is 4.99 Å². The molecule has 9 N–H and O–H groups in total. The third-order valence-electron chi connectivity index (χ3n) is 5.25. The van der Waals surface area contributed by atoms with Crippen molar-refractivity contribution in [3.63, 3.8) is 0 Å². The number of hydrogen-bond acceptors (Lipinski definition) is 7. The highest BCUT2D eigenvalue weighted by atomic mass is 32.1. The Labute approximate surface area is 199 Å². The molecule has 1 fully saturated rings. The molecule has 0 aromatic heterocycles. The summed E-state index contributed by atoms with van der Waals surface area (Å²) in [4.78, 5) is 55.2. The van der Waals surface area contributed by atoms with Gasteiger partial charge in [0.1, 0.15) is 18.1 Å². The first kappa shape index (κ1) is 28.5. The van der Waals surface area contributed by atoms with E-state index in [0.29, 0.717) is 32.2 Å². The molecule has 1 rings (SSSR count). The monoisotopic (exact) mass is 487 g/mol. The molecule has 188 valence electrons. The number of aliphatic carboxylic acids is 1. The number of nitrogens with zero attached hydrogens (tertiary/aromatic N) is 2. The molecule has 3 amide bonds. The van der Waals surface area contributed by atoms with Crippen LogP contribution in [0.5, 0.6) is 0 Å². The minimum absolute atomic E-state index is 0.0932. The molecule has 0 saturated carbocycles. The molecule has 1 aliphatic rings. The summed E-state index contributed by atoms with van der Waals surface area (Å²) in [7, 11) is 0. The molecule has 4 unspecified atom stereocenters. The van der Waals surface area contributed by atoms with Crippen LogP contribution in [0.3, 0.4) is 0 Å². The topological polar surface area (TPSA) is 206 Å². The van der Waals surface area contributed by atoms with Gasteiger partial charge in [-0.05, 0) is 38.0 Å². The van der Waals surface area contributed by atoms with E-state index in [9.17, 15) is 24.3 Å². The molecule has 4 atom stereocenters. The lowest BCUT2D eigenvalue weighted by Gasteiger charge is -2.30. The third kappa shape index (κ3) is 9.46. The lowest BCUT2D eigenvalue weighted by molar-refractivity contribution is -0.145. The Morgan fingerprint density at radius 3 is 2.39 bits per heavy atom. The van der Waals surface area contributed by atoms with Gasteiger partial charge in [-0.1, -0.05) is 13.8 Å². The van der Waals surface area contributed by atoms with Gasteiger partial charge >= 0.3 is 5.97 Å². The number of hydrogen-bond donors (Lipinski definition) is 7. The fourth-order valence-electron chi connectivity index (χ4n) is 3.59. The number of nitrogens with two attached hydrogens (primary N) is 3. The second-order valence-corrected chi connectivity index (χ2v) is 8.88. The summed E-state index contributed by atoms with van der Waals surface area (Å²) in [6.07, 6.45) is 1.85. The van der Waals surface area contributed by atoms with E-state index in [1.807, 2.05) is 13.8 Å². The van der Waals surface area contributed by atoms with Gasteiger partial charge in [-0.25, -0.2) is 4.79 Å². The molecular formula is C20H37N7O5S. The Morgan fingerprint density at radius 1 is 1.18 bits per heavy atom. The Bertz CT molecular complexity index is 730. The lowest BCUT2D eigenvalue weighted by Crippen LogP contribution is -2.57. The Morgan fingerprint density at radius 2 is 1.85 bits per heavy atom. The zero-order valence-electron chi connectivity index (χ0n) is 19.2. The van der Waals surface area contributed by atoms with E-state index in [1.165, 1.54) is 4.90 Å². The predicted octanol–water partition coefficient (Wildman–Crippen LogP) is -1.61. The summed E-state index contributed by atoms with van der Waals surface area (Å²) in [5.74, 6) is -2.47. The number of amides is 3. The summed E-state index contributed by atoms with van der Waals surface area (Å²) < 4.78 is 0. The van der Waals surface area contributed by atoms with Crippen molar-refractivity contribution in [2.45, 2.75) is 70.1 Å². The van der Waals surface area contributed by atoms with Crippen molar-refractivity contribution in [3.05, 3.63) is 0 Å². The highest BCUT2D eigenvalue weighted by molar-refractivity contribution is 7.80. The van der Waals surface area contributed by atoms with Crippen molar-refractivity contribution >= 4 is 42.3 Å². The smallest absolute Gasteiger partial charge is 0.326 e. The number of likely N-dealkylation sites (tertiary alicyclic amines) is 1. The molecule has 1 heterocycles. The summed E-state index contributed by atoms with van der Waals surface area (Å²) >= 11 is 4.01. The quantitative estimate of drug-likeness (QED) is 0.0694. The summed E-state index contributed by atoms with van der Waals surface area (Å²) in [5.41, 5.74) is 16.2. The van der Waals surface area contributed by atoms with Crippen LogP contribution in [0, 0.1) is 5.92 Å². The maximum atomic E-state index is 13.3. The lowest BCUT2D eigenvalue weighted by atomic mass is 10.0. The number of guanidine groups is 1. The maximum absolute atomic E-state index is 13.3. The van der Waals surface area contributed by atoms with Crippen molar-refractivity contribution in [2.75, 3.05) is 18.8 Å². The summed E-state index contributed by atoms with van der Waals surface area (Å²) in [6, 6.07) is -3.65. The number of aliphatic imine (C=N–C) groups is 1. The van der Waals surface area contributed by atoms with Gasteiger partial charge in [-0.15, -0.1) is 0 Å². The number of carboxylic acids is 1. The molecule has 1 saturated heterocycles. The fraction of sp³-hybridized carbons (Fsp3) is 0.750. The van der Waals surface area contributed by atoms with Crippen LogP contribution in [0.1, 0.15) is 46.0 Å². The van der Waals surface area contributed by atoms with Gasteiger partial charge in [0.25, 0.3) is 0 Å². The molecule has 0 bridgehead atoms. The van der Waals surface area contributed by atoms with Crippen molar-refractivity contribution in [1.82, 2.24) is 15.5 Å². The average molecular weight is 488 g/mol. The van der Waals surface area contributed by atoms with Crippen LogP contribution < -0.4 is 27.8 Å². The van der Waals surface area contributed by atoms with Crippen LogP contribution in [0.25, 0.3) is 0 Å². The van der Waals surface area contributed by atoms with E-state index in [2.05, 4.69) is 28.3 Å². The Balaban J connectivity index is 2.87. The fourth-order valence-corrected chi connectivity index (χ4v) is 3.75. The van der Waals surface area contributed by atoms with E-state index in [0.717, 1.165) is 0 Å². The average Bonchev–Trinajstić information content (AvgIpc) is 3.23. The van der Waals surface area contributed by atoms with Crippen LogP contribution in [0.2, 0.25) is 0 Å². The molecular weight excluding hydrogens is 450 g/mol. The number of carbonyl (C=O) groups is 4. The first-order valence-electron chi connectivity index (χ1n) is 11.0. The van der Waals surface area contributed by atoms with Gasteiger partial charge < -0.3 is 37.8 Å². The first-order chi connectivity index (χ1) is 15.5. The zero-order valence-corrected chi connectivity index (χ0v) is 20.1. The molecule has 1 aliphatic heterocycles. The van der Waals surface area contributed by atoms with Crippen molar-refractivity contribution in [3.8, 4) is 0 Å². The maximum Gasteiger partial charge on any atom is 0.326 e. The van der Waals surface area contributed by atoms with Crippen LogP contribution in [-0.4, -0.2) is 82.7 Å². The van der Waals surface area contributed by atoms with E-state index in [4.69, 9.17) is 17.2 Å². The Hall–Kier alpha value is -2.54. The number of thiol groups is 1. The minimum atomic E-state index is -1.19. The highest BCUT2D eigenvalue weighted by Crippen LogP contribution is 2.21. The van der Waals surface area contributed by atoms with Gasteiger partial charge in [-0.2, -0.15) is 12.6 Å². The van der Waals surface area contributed by atoms with Crippen LogP contribution in [0.4, 0.5) is 0 Å².